The topological polar surface area (TPSA) is 79.8 Å². The zero-order chi connectivity index (χ0) is 18.4. The maximum atomic E-state index is 12.0. The lowest BCUT2D eigenvalue weighted by molar-refractivity contribution is 0.170. The molecule has 2 rings (SSSR count). The lowest BCUT2D eigenvalue weighted by Crippen LogP contribution is -2.32. The van der Waals surface area contributed by atoms with Gasteiger partial charge in [0.05, 0.1) is 24.3 Å². The number of methoxy groups -OCH3 is 2. The highest BCUT2D eigenvalue weighted by Crippen LogP contribution is 2.29. The molecule has 0 aliphatic carbocycles. The van der Waals surface area contributed by atoms with E-state index in [1.807, 2.05) is 0 Å². The van der Waals surface area contributed by atoms with Gasteiger partial charge in [-0.25, -0.2) is 4.79 Å². The van der Waals surface area contributed by atoms with Crippen LogP contribution in [0.5, 0.6) is 11.5 Å². The number of hydrogen-bond acceptors (Lipinski definition) is 4. The van der Waals surface area contributed by atoms with Crippen molar-refractivity contribution in [1.29, 1.82) is 0 Å². The Morgan fingerprint density at radius 2 is 1.88 bits per heavy atom. The number of anilines is 1. The van der Waals surface area contributed by atoms with E-state index in [9.17, 15) is 9.90 Å². The van der Waals surface area contributed by atoms with Crippen molar-refractivity contribution in [3.8, 4) is 11.5 Å². The highest BCUT2D eigenvalue weighted by molar-refractivity contribution is 6.42. The van der Waals surface area contributed by atoms with Crippen LogP contribution in [0.15, 0.2) is 36.4 Å². The summed E-state index contributed by atoms with van der Waals surface area (Å²) in [7, 11) is 3.03. The van der Waals surface area contributed by atoms with Gasteiger partial charge in [0.1, 0.15) is 17.6 Å². The van der Waals surface area contributed by atoms with Crippen LogP contribution < -0.4 is 20.1 Å². The molecule has 0 saturated carbocycles. The maximum Gasteiger partial charge on any atom is 0.319 e. The standard InChI is InChI=1S/C17H18Cl2N2O4/c1-24-11-4-6-16(25-2)12(8-11)15(22)9-20-17(23)21-10-3-5-13(18)14(19)7-10/h3-8,15,22H,9H2,1-2H3,(H2,20,21,23)/t15-/m0/s1. The SMILES string of the molecule is COc1ccc(OC)c([C@@H](O)CNC(=O)Nc2ccc(Cl)c(Cl)c2)c1. The van der Waals surface area contributed by atoms with Crippen molar-refractivity contribution in [3.05, 3.63) is 52.0 Å². The highest BCUT2D eigenvalue weighted by Gasteiger charge is 2.16. The van der Waals surface area contributed by atoms with Crippen LogP contribution in [-0.2, 0) is 0 Å². The molecule has 1 atom stereocenters. The molecule has 0 aliphatic rings. The number of urea groups is 1. The van der Waals surface area contributed by atoms with Crippen LogP contribution in [0.3, 0.4) is 0 Å². The van der Waals surface area contributed by atoms with E-state index in [0.717, 1.165) is 0 Å². The predicted molar refractivity (Wildman–Crippen MR) is 98.0 cm³/mol. The molecule has 0 spiro atoms. The minimum atomic E-state index is -0.968. The predicted octanol–water partition coefficient (Wildman–Crippen LogP) is 3.87. The summed E-state index contributed by atoms with van der Waals surface area (Å²) < 4.78 is 10.4. The van der Waals surface area contributed by atoms with Crippen molar-refractivity contribution in [2.45, 2.75) is 6.10 Å². The van der Waals surface area contributed by atoms with E-state index in [1.165, 1.54) is 20.3 Å². The summed E-state index contributed by atoms with van der Waals surface area (Å²) in [5, 5.41) is 16.2. The first-order chi connectivity index (χ1) is 11.9. The first-order valence-corrected chi connectivity index (χ1v) is 8.10. The van der Waals surface area contributed by atoms with E-state index < -0.39 is 12.1 Å². The fourth-order valence-corrected chi connectivity index (χ4v) is 2.45. The second kappa shape index (κ2) is 8.80. The fourth-order valence-electron chi connectivity index (χ4n) is 2.15. The van der Waals surface area contributed by atoms with E-state index in [1.54, 1.807) is 30.3 Å². The zero-order valence-corrected chi connectivity index (χ0v) is 15.2. The Labute approximate surface area is 155 Å². The number of amides is 2. The summed E-state index contributed by atoms with van der Waals surface area (Å²) in [4.78, 5) is 12.0. The number of aliphatic hydroxyl groups excluding tert-OH is 1. The first-order valence-electron chi connectivity index (χ1n) is 7.34. The molecule has 134 valence electrons. The minimum Gasteiger partial charge on any atom is -0.497 e. The molecule has 0 radical (unpaired) electrons. The summed E-state index contributed by atoms with van der Waals surface area (Å²) in [6.07, 6.45) is -0.968. The van der Waals surface area contributed by atoms with Gasteiger partial charge in [-0.05, 0) is 36.4 Å². The van der Waals surface area contributed by atoms with Crippen LogP contribution in [-0.4, -0.2) is 31.9 Å². The van der Waals surface area contributed by atoms with E-state index >= 15 is 0 Å². The Morgan fingerprint density at radius 1 is 1.12 bits per heavy atom. The number of hydrogen-bond donors (Lipinski definition) is 3. The Hall–Kier alpha value is -2.15. The molecule has 0 aromatic heterocycles. The third-order valence-electron chi connectivity index (χ3n) is 3.43. The van der Waals surface area contributed by atoms with E-state index in [0.29, 0.717) is 32.8 Å². The summed E-state index contributed by atoms with van der Waals surface area (Å²) in [6.45, 7) is -0.0172. The summed E-state index contributed by atoms with van der Waals surface area (Å²) in [5.74, 6) is 1.08. The van der Waals surface area contributed by atoms with Gasteiger partial charge >= 0.3 is 6.03 Å². The molecule has 2 aromatic carbocycles. The number of halogens is 2. The number of aliphatic hydroxyl groups is 1. The molecule has 0 bridgehead atoms. The number of ether oxygens (including phenoxy) is 2. The average molecular weight is 385 g/mol. The number of carbonyl (C=O) groups is 1. The van der Waals surface area contributed by atoms with E-state index in [-0.39, 0.29) is 6.54 Å². The second-order valence-corrected chi connectivity index (χ2v) is 5.90. The van der Waals surface area contributed by atoms with Gasteiger partial charge in [-0.15, -0.1) is 0 Å². The molecule has 0 fully saturated rings. The quantitative estimate of drug-likeness (QED) is 0.706. The van der Waals surface area contributed by atoms with Gasteiger partial charge in [0.25, 0.3) is 0 Å². The molecule has 0 saturated heterocycles. The molecule has 0 unspecified atom stereocenters. The number of rotatable bonds is 6. The summed E-state index contributed by atoms with van der Waals surface area (Å²) >= 11 is 11.7. The van der Waals surface area contributed by atoms with Crippen molar-refractivity contribution in [2.75, 3.05) is 26.1 Å². The Balaban J connectivity index is 1.98. The smallest absolute Gasteiger partial charge is 0.319 e. The largest absolute Gasteiger partial charge is 0.497 e. The van der Waals surface area contributed by atoms with E-state index in [2.05, 4.69) is 10.6 Å². The van der Waals surface area contributed by atoms with Crippen LogP contribution in [0.25, 0.3) is 0 Å². The normalized spacial score (nSPS) is 11.6. The lowest BCUT2D eigenvalue weighted by Gasteiger charge is -2.17. The molecule has 2 amide bonds. The number of benzene rings is 2. The Bertz CT molecular complexity index is 755. The van der Waals surface area contributed by atoms with Gasteiger partial charge in [0.2, 0.25) is 0 Å². The van der Waals surface area contributed by atoms with Crippen molar-refractivity contribution in [3.63, 3.8) is 0 Å². The van der Waals surface area contributed by atoms with Crippen molar-refractivity contribution in [1.82, 2.24) is 5.32 Å². The van der Waals surface area contributed by atoms with Gasteiger partial charge in [-0.3, -0.25) is 0 Å². The van der Waals surface area contributed by atoms with Gasteiger partial charge < -0.3 is 25.2 Å². The van der Waals surface area contributed by atoms with Crippen molar-refractivity contribution in [2.24, 2.45) is 0 Å². The average Bonchev–Trinajstić information content (AvgIpc) is 2.62. The molecule has 25 heavy (non-hydrogen) atoms. The Morgan fingerprint density at radius 3 is 2.52 bits per heavy atom. The maximum absolute atomic E-state index is 12.0. The molecular formula is C17H18Cl2N2O4. The van der Waals surface area contributed by atoms with Crippen molar-refractivity contribution >= 4 is 34.9 Å². The molecule has 0 aliphatic heterocycles. The van der Waals surface area contributed by atoms with Gasteiger partial charge in [-0.1, -0.05) is 23.2 Å². The van der Waals surface area contributed by atoms with Gasteiger partial charge in [0.15, 0.2) is 0 Å². The molecule has 2 aromatic rings. The first kappa shape index (κ1) is 19.2. The van der Waals surface area contributed by atoms with Crippen molar-refractivity contribution < 1.29 is 19.4 Å². The summed E-state index contributed by atoms with van der Waals surface area (Å²) in [6, 6.07) is 9.31. The fraction of sp³-hybridized carbons (Fsp3) is 0.235. The molecule has 0 heterocycles. The third kappa shape index (κ3) is 5.16. The van der Waals surface area contributed by atoms with Gasteiger partial charge in [0, 0.05) is 17.8 Å². The van der Waals surface area contributed by atoms with Crippen LogP contribution in [0, 0.1) is 0 Å². The van der Waals surface area contributed by atoms with E-state index in [4.69, 9.17) is 32.7 Å². The lowest BCUT2D eigenvalue weighted by atomic mass is 10.1. The van der Waals surface area contributed by atoms with Crippen LogP contribution in [0.2, 0.25) is 10.0 Å². The second-order valence-electron chi connectivity index (χ2n) is 5.09. The molecule has 6 nitrogen and oxygen atoms in total. The van der Waals surface area contributed by atoms with Crippen LogP contribution >= 0.6 is 23.2 Å². The third-order valence-corrected chi connectivity index (χ3v) is 4.17. The van der Waals surface area contributed by atoms with Crippen LogP contribution in [0.4, 0.5) is 10.5 Å². The monoisotopic (exact) mass is 384 g/mol. The summed E-state index contributed by atoms with van der Waals surface area (Å²) in [5.41, 5.74) is 0.997. The molecule has 3 N–H and O–H groups in total. The molecular weight excluding hydrogens is 367 g/mol. The van der Waals surface area contributed by atoms with Gasteiger partial charge in [-0.2, -0.15) is 0 Å². The zero-order valence-electron chi connectivity index (χ0n) is 13.7. The molecule has 8 heteroatoms. The van der Waals surface area contributed by atoms with Crippen LogP contribution in [0.1, 0.15) is 11.7 Å². The Kier molecular flexibility index (Phi) is 6.75. The highest BCUT2D eigenvalue weighted by atomic mass is 35.5. The number of nitrogens with one attached hydrogen (secondary N) is 2. The number of carbonyl (C=O) groups excluding carboxylic acids is 1. The minimum absolute atomic E-state index is 0.0172.